The van der Waals surface area contributed by atoms with Gasteiger partial charge in [0.25, 0.3) is 0 Å². The monoisotopic (exact) mass is 312 g/mol. The third kappa shape index (κ3) is 3.56. The zero-order chi connectivity index (χ0) is 17.1. The Hall–Kier alpha value is -2.69. The minimum atomic E-state index is -0.989. The number of carboxylic acids is 1. The Kier molecular flexibility index (Phi) is 4.79. The molecule has 0 aliphatic carbocycles. The van der Waals surface area contributed by atoms with Gasteiger partial charge in [-0.05, 0) is 51.5 Å². The van der Waals surface area contributed by atoms with E-state index >= 15 is 0 Å². The number of carbonyl (C=O) groups excluding carboxylic acids is 1. The summed E-state index contributed by atoms with van der Waals surface area (Å²) in [7, 11) is 0. The summed E-state index contributed by atoms with van der Waals surface area (Å²) in [6.45, 7) is 7.73. The SMILES string of the molecule is Cc1nn(C(C)C)c(C)c1C(=O)/C=C/c1cccc(C(=O)O)c1. The van der Waals surface area contributed by atoms with Gasteiger partial charge in [-0.2, -0.15) is 5.10 Å². The molecule has 0 aliphatic heterocycles. The van der Waals surface area contributed by atoms with Crippen LogP contribution in [0.4, 0.5) is 0 Å². The normalized spacial score (nSPS) is 11.3. The van der Waals surface area contributed by atoms with Crippen molar-refractivity contribution in [2.24, 2.45) is 0 Å². The first-order chi connectivity index (χ1) is 10.8. The fraction of sp³-hybridized carbons (Fsp3) is 0.278. The Morgan fingerprint density at radius 3 is 2.52 bits per heavy atom. The summed E-state index contributed by atoms with van der Waals surface area (Å²) in [5.41, 5.74) is 3.00. The van der Waals surface area contributed by atoms with E-state index in [2.05, 4.69) is 5.10 Å². The Morgan fingerprint density at radius 1 is 1.26 bits per heavy atom. The second-order valence-electron chi connectivity index (χ2n) is 5.71. The molecule has 0 aliphatic rings. The van der Waals surface area contributed by atoms with Gasteiger partial charge in [0.15, 0.2) is 5.78 Å². The van der Waals surface area contributed by atoms with Gasteiger partial charge in [-0.1, -0.05) is 18.2 Å². The van der Waals surface area contributed by atoms with Crippen LogP contribution >= 0.6 is 0 Å². The quantitative estimate of drug-likeness (QED) is 0.675. The lowest BCUT2D eigenvalue weighted by Crippen LogP contribution is -2.06. The molecule has 2 aromatic rings. The van der Waals surface area contributed by atoms with Gasteiger partial charge in [0.2, 0.25) is 0 Å². The van der Waals surface area contributed by atoms with Crippen molar-refractivity contribution in [2.75, 3.05) is 0 Å². The maximum Gasteiger partial charge on any atom is 0.335 e. The number of carbonyl (C=O) groups is 2. The average molecular weight is 312 g/mol. The maximum atomic E-state index is 12.5. The van der Waals surface area contributed by atoms with Crippen molar-refractivity contribution in [1.82, 2.24) is 9.78 Å². The fourth-order valence-electron chi connectivity index (χ4n) is 2.55. The molecule has 1 aromatic carbocycles. The molecule has 5 nitrogen and oxygen atoms in total. The van der Waals surface area contributed by atoms with E-state index < -0.39 is 5.97 Å². The lowest BCUT2D eigenvalue weighted by atomic mass is 10.1. The maximum absolute atomic E-state index is 12.5. The van der Waals surface area contributed by atoms with Crippen LogP contribution in [0.15, 0.2) is 30.3 Å². The zero-order valence-electron chi connectivity index (χ0n) is 13.7. The van der Waals surface area contributed by atoms with E-state index in [1.54, 1.807) is 18.2 Å². The highest BCUT2D eigenvalue weighted by Crippen LogP contribution is 2.18. The van der Waals surface area contributed by atoms with Crippen molar-refractivity contribution >= 4 is 17.8 Å². The van der Waals surface area contributed by atoms with Crippen LogP contribution < -0.4 is 0 Å². The molecule has 0 saturated heterocycles. The highest BCUT2D eigenvalue weighted by Gasteiger charge is 2.17. The van der Waals surface area contributed by atoms with Crippen LogP contribution in [0.3, 0.4) is 0 Å². The summed E-state index contributed by atoms with van der Waals surface area (Å²) < 4.78 is 1.83. The van der Waals surface area contributed by atoms with Gasteiger partial charge in [0.05, 0.1) is 16.8 Å². The molecule has 0 fully saturated rings. The van der Waals surface area contributed by atoms with Crippen molar-refractivity contribution in [3.63, 3.8) is 0 Å². The topological polar surface area (TPSA) is 72.2 Å². The molecule has 0 amide bonds. The van der Waals surface area contributed by atoms with E-state index in [9.17, 15) is 9.59 Å². The number of ketones is 1. The predicted octanol–water partition coefficient (Wildman–Crippen LogP) is 3.68. The van der Waals surface area contributed by atoms with Crippen molar-refractivity contribution in [1.29, 1.82) is 0 Å². The molecular formula is C18H20N2O3. The van der Waals surface area contributed by atoms with Crippen LogP contribution in [0.25, 0.3) is 6.08 Å². The third-order valence-corrected chi connectivity index (χ3v) is 3.62. The summed E-state index contributed by atoms with van der Waals surface area (Å²) in [4.78, 5) is 23.4. The van der Waals surface area contributed by atoms with Crippen LogP contribution in [0.1, 0.15) is 57.6 Å². The third-order valence-electron chi connectivity index (χ3n) is 3.62. The van der Waals surface area contributed by atoms with Gasteiger partial charge in [0, 0.05) is 11.7 Å². The minimum Gasteiger partial charge on any atom is -0.478 e. The van der Waals surface area contributed by atoms with Crippen LogP contribution in [0, 0.1) is 13.8 Å². The van der Waals surface area contributed by atoms with Crippen LogP contribution in [-0.4, -0.2) is 26.6 Å². The van der Waals surface area contributed by atoms with Crippen molar-refractivity contribution < 1.29 is 14.7 Å². The first-order valence-corrected chi connectivity index (χ1v) is 7.42. The molecule has 0 radical (unpaired) electrons. The van der Waals surface area contributed by atoms with E-state index in [-0.39, 0.29) is 17.4 Å². The molecule has 0 atom stereocenters. The van der Waals surface area contributed by atoms with Gasteiger partial charge in [-0.25, -0.2) is 4.79 Å². The van der Waals surface area contributed by atoms with E-state index in [1.807, 2.05) is 32.4 Å². The molecular weight excluding hydrogens is 292 g/mol. The van der Waals surface area contributed by atoms with Crippen LogP contribution in [-0.2, 0) is 0 Å². The molecule has 120 valence electrons. The Balaban J connectivity index is 2.29. The van der Waals surface area contributed by atoms with Crippen LogP contribution in [0.5, 0.6) is 0 Å². The molecule has 0 unspecified atom stereocenters. The molecule has 2 rings (SSSR count). The minimum absolute atomic E-state index is 0.132. The predicted molar refractivity (Wildman–Crippen MR) is 88.9 cm³/mol. The number of hydrogen-bond donors (Lipinski definition) is 1. The Morgan fingerprint density at radius 2 is 1.96 bits per heavy atom. The number of nitrogens with zero attached hydrogens (tertiary/aromatic N) is 2. The number of aryl methyl sites for hydroxylation is 1. The largest absolute Gasteiger partial charge is 0.478 e. The molecule has 1 N–H and O–H groups in total. The number of hydrogen-bond acceptors (Lipinski definition) is 3. The fourth-order valence-corrected chi connectivity index (χ4v) is 2.55. The molecule has 0 bridgehead atoms. The molecule has 1 heterocycles. The van der Waals surface area contributed by atoms with Gasteiger partial charge in [-0.15, -0.1) is 0 Å². The van der Waals surface area contributed by atoms with Gasteiger partial charge in [0.1, 0.15) is 0 Å². The Bertz CT molecular complexity index is 786. The summed E-state index contributed by atoms with van der Waals surface area (Å²) in [5, 5.41) is 13.4. The number of benzene rings is 1. The summed E-state index contributed by atoms with van der Waals surface area (Å²) >= 11 is 0. The molecule has 0 spiro atoms. The highest BCUT2D eigenvalue weighted by atomic mass is 16.4. The van der Waals surface area contributed by atoms with E-state index in [1.165, 1.54) is 18.2 Å². The summed E-state index contributed by atoms with van der Waals surface area (Å²) in [5.74, 6) is -1.12. The zero-order valence-corrected chi connectivity index (χ0v) is 13.7. The number of aromatic carboxylic acids is 1. The van der Waals surface area contributed by atoms with Crippen LogP contribution in [0.2, 0.25) is 0 Å². The van der Waals surface area contributed by atoms with Crippen molar-refractivity contribution in [3.05, 3.63) is 58.4 Å². The number of carboxylic acid groups (broad SMARTS) is 1. The Labute approximate surface area is 135 Å². The van der Waals surface area contributed by atoms with E-state index in [4.69, 9.17) is 5.11 Å². The molecule has 0 saturated carbocycles. The summed E-state index contributed by atoms with van der Waals surface area (Å²) in [6, 6.07) is 6.65. The van der Waals surface area contributed by atoms with Crippen molar-refractivity contribution in [2.45, 2.75) is 33.7 Å². The van der Waals surface area contributed by atoms with Gasteiger partial charge >= 0.3 is 5.97 Å². The average Bonchev–Trinajstić information content (AvgIpc) is 2.80. The lowest BCUT2D eigenvalue weighted by molar-refractivity contribution is 0.0696. The van der Waals surface area contributed by atoms with Crippen molar-refractivity contribution in [3.8, 4) is 0 Å². The van der Waals surface area contributed by atoms with E-state index in [0.717, 1.165) is 5.69 Å². The highest BCUT2D eigenvalue weighted by molar-refractivity contribution is 6.08. The first-order valence-electron chi connectivity index (χ1n) is 7.42. The molecule has 1 aromatic heterocycles. The first kappa shape index (κ1) is 16.7. The molecule has 23 heavy (non-hydrogen) atoms. The smallest absolute Gasteiger partial charge is 0.335 e. The number of aromatic nitrogens is 2. The lowest BCUT2D eigenvalue weighted by Gasteiger charge is -2.07. The second-order valence-corrected chi connectivity index (χ2v) is 5.71. The van der Waals surface area contributed by atoms with Gasteiger partial charge < -0.3 is 5.11 Å². The van der Waals surface area contributed by atoms with E-state index in [0.29, 0.717) is 16.8 Å². The molecule has 5 heteroatoms. The number of allylic oxidation sites excluding steroid dienone is 1. The second kappa shape index (κ2) is 6.60. The standard InChI is InChI=1S/C18H20N2O3/c1-11(2)20-13(4)17(12(3)19-20)16(21)9-8-14-6-5-7-15(10-14)18(22)23/h5-11H,1-4H3,(H,22,23)/b9-8+. The summed E-state index contributed by atoms with van der Waals surface area (Å²) in [6.07, 6.45) is 3.09. The number of rotatable bonds is 5. The van der Waals surface area contributed by atoms with Gasteiger partial charge in [-0.3, -0.25) is 9.48 Å².